The number of aryl methyl sites for hydroxylation is 1. The highest BCUT2D eigenvalue weighted by molar-refractivity contribution is 5.99. The van der Waals surface area contributed by atoms with Crippen LogP contribution in [-0.2, 0) is 25.6 Å². The van der Waals surface area contributed by atoms with Crippen LogP contribution in [0.3, 0.4) is 0 Å². The molecule has 43 heavy (non-hydrogen) atoms. The van der Waals surface area contributed by atoms with E-state index in [4.69, 9.17) is 15.2 Å². The predicted octanol–water partition coefficient (Wildman–Crippen LogP) is 2.54. The van der Waals surface area contributed by atoms with Crippen LogP contribution in [0.15, 0.2) is 60.3 Å². The van der Waals surface area contributed by atoms with Crippen LogP contribution in [0.2, 0.25) is 0 Å². The fourth-order valence-corrected chi connectivity index (χ4v) is 4.43. The number of nitrogens with two attached hydrogens (primary N) is 1. The number of allylic oxidation sites excluding steroid dienone is 1. The van der Waals surface area contributed by atoms with Crippen molar-refractivity contribution >= 4 is 29.8 Å². The molecule has 0 radical (unpaired) electrons. The first-order valence-corrected chi connectivity index (χ1v) is 14.0. The molecule has 1 atom stereocenters. The third-order valence-electron chi connectivity index (χ3n) is 6.80. The number of hydrogen-bond acceptors (Lipinski definition) is 7. The van der Waals surface area contributed by atoms with E-state index in [1.54, 1.807) is 24.3 Å². The first-order valence-electron chi connectivity index (χ1n) is 14.0. The smallest absolute Gasteiger partial charge is 0.415 e. The Morgan fingerprint density at radius 2 is 1.70 bits per heavy atom. The fourth-order valence-electron chi connectivity index (χ4n) is 4.43. The number of nitrogens with zero attached hydrogens (tertiary/aromatic N) is 1. The van der Waals surface area contributed by atoms with Crippen molar-refractivity contribution in [3.63, 3.8) is 0 Å². The molecule has 1 aliphatic rings. The van der Waals surface area contributed by atoms with Crippen molar-refractivity contribution in [2.24, 2.45) is 17.6 Å². The van der Waals surface area contributed by atoms with Gasteiger partial charge in [0.05, 0.1) is 0 Å². The summed E-state index contributed by atoms with van der Waals surface area (Å²) in [6, 6.07) is 12.1. The van der Waals surface area contributed by atoms with Crippen molar-refractivity contribution in [1.29, 1.82) is 0 Å². The highest BCUT2D eigenvalue weighted by Crippen LogP contribution is 2.20. The number of carbonyl (C=O) groups is 5. The number of likely N-dealkylation sites (tertiary alicyclic amines) is 1. The van der Waals surface area contributed by atoms with E-state index in [1.807, 2.05) is 32.9 Å². The molecule has 12 heteroatoms. The van der Waals surface area contributed by atoms with Crippen LogP contribution in [-0.4, -0.2) is 65.5 Å². The minimum absolute atomic E-state index is 0.0603. The monoisotopic (exact) mass is 594 g/mol. The maximum atomic E-state index is 13.0. The summed E-state index contributed by atoms with van der Waals surface area (Å²) in [5.41, 5.74) is 6.67. The lowest BCUT2D eigenvalue weighted by Gasteiger charge is -2.29. The Kier molecular flexibility index (Phi) is 11.7. The van der Waals surface area contributed by atoms with Gasteiger partial charge in [0.1, 0.15) is 23.2 Å². The Morgan fingerprint density at radius 3 is 2.28 bits per heavy atom. The van der Waals surface area contributed by atoms with Gasteiger partial charge in [-0.25, -0.2) is 9.59 Å². The zero-order chi connectivity index (χ0) is 31.5. The SMILES string of the molecule is Cc1ccccc1OCC(=O)N/C(=C\C(C)C)C(=O)N[C@@H](Cc1ccc(OC(=O)N2CCC(C(N)=O)CC2)cc1)C(=O)O. The number of primary amides is 1. The third-order valence-corrected chi connectivity index (χ3v) is 6.80. The van der Waals surface area contributed by atoms with E-state index < -0.39 is 29.9 Å². The number of para-hydroxylation sites is 1. The molecule has 12 nitrogen and oxygen atoms in total. The van der Waals surface area contributed by atoms with Crippen molar-refractivity contribution in [3.05, 3.63) is 71.4 Å². The molecule has 2 aromatic rings. The molecule has 4 amide bonds. The summed E-state index contributed by atoms with van der Waals surface area (Å²) in [5, 5.41) is 14.8. The van der Waals surface area contributed by atoms with E-state index in [1.165, 1.54) is 23.1 Å². The number of benzene rings is 2. The molecule has 1 saturated heterocycles. The number of hydrogen-bond donors (Lipinski definition) is 4. The van der Waals surface area contributed by atoms with Crippen LogP contribution >= 0.6 is 0 Å². The number of nitrogens with one attached hydrogen (secondary N) is 2. The number of amides is 4. The van der Waals surface area contributed by atoms with Crippen LogP contribution in [0.25, 0.3) is 0 Å². The molecule has 0 aromatic heterocycles. The Bertz CT molecular complexity index is 1350. The number of carbonyl (C=O) groups excluding carboxylic acids is 4. The minimum Gasteiger partial charge on any atom is -0.483 e. The molecule has 0 bridgehead atoms. The Labute approximate surface area is 250 Å². The number of piperidine rings is 1. The van der Waals surface area contributed by atoms with E-state index in [9.17, 15) is 29.1 Å². The van der Waals surface area contributed by atoms with Crippen molar-refractivity contribution < 1.29 is 38.6 Å². The van der Waals surface area contributed by atoms with E-state index in [-0.39, 0.29) is 42.2 Å². The molecule has 0 spiro atoms. The van der Waals surface area contributed by atoms with Crippen molar-refractivity contribution in [2.75, 3.05) is 19.7 Å². The summed E-state index contributed by atoms with van der Waals surface area (Å²) < 4.78 is 11.0. The van der Waals surface area contributed by atoms with Gasteiger partial charge in [0, 0.05) is 25.4 Å². The molecular weight excluding hydrogens is 556 g/mol. The summed E-state index contributed by atoms with van der Waals surface area (Å²) >= 11 is 0. The van der Waals surface area contributed by atoms with Gasteiger partial charge in [-0.1, -0.05) is 50.3 Å². The van der Waals surface area contributed by atoms with Gasteiger partial charge in [-0.15, -0.1) is 0 Å². The zero-order valence-electron chi connectivity index (χ0n) is 24.5. The number of rotatable bonds is 12. The van der Waals surface area contributed by atoms with Gasteiger partial charge in [-0.05, 0) is 55.0 Å². The maximum Gasteiger partial charge on any atom is 0.415 e. The molecule has 1 heterocycles. The molecule has 5 N–H and O–H groups in total. The molecule has 1 aliphatic heterocycles. The van der Waals surface area contributed by atoms with Gasteiger partial charge in [0.2, 0.25) is 5.91 Å². The summed E-state index contributed by atoms with van der Waals surface area (Å²) in [5.74, 6) is -2.53. The van der Waals surface area contributed by atoms with E-state index in [0.29, 0.717) is 37.2 Å². The number of carboxylic acids is 1. The van der Waals surface area contributed by atoms with Gasteiger partial charge >= 0.3 is 12.1 Å². The summed E-state index contributed by atoms with van der Waals surface area (Å²) in [6.45, 7) is 5.86. The van der Waals surface area contributed by atoms with E-state index >= 15 is 0 Å². The molecular formula is C31H38N4O8. The summed E-state index contributed by atoms with van der Waals surface area (Å²) in [4.78, 5) is 62.9. The van der Waals surface area contributed by atoms with Crippen LogP contribution in [0, 0.1) is 18.8 Å². The van der Waals surface area contributed by atoms with Gasteiger partial charge < -0.3 is 35.8 Å². The first-order chi connectivity index (χ1) is 20.4. The van der Waals surface area contributed by atoms with Crippen LogP contribution < -0.4 is 25.8 Å². The minimum atomic E-state index is -1.30. The maximum absolute atomic E-state index is 13.0. The topological polar surface area (TPSA) is 177 Å². The molecule has 0 aliphatic carbocycles. The van der Waals surface area contributed by atoms with Gasteiger partial charge in [0.25, 0.3) is 11.8 Å². The van der Waals surface area contributed by atoms with Crippen LogP contribution in [0.5, 0.6) is 11.5 Å². The standard InChI is InChI=1S/C31H38N4O8/c1-19(2)16-24(33-27(36)18-42-26-7-5-4-6-20(26)3)29(38)34-25(30(39)40)17-21-8-10-23(11-9-21)43-31(41)35-14-12-22(13-15-35)28(32)37/h4-11,16,19,22,25H,12-15,17-18H2,1-3H3,(H2,32,37)(H,33,36)(H,34,38)(H,39,40)/b24-16-/t25-/m0/s1. The molecule has 3 rings (SSSR count). The lowest BCUT2D eigenvalue weighted by molar-refractivity contribution is -0.141. The molecule has 230 valence electrons. The lowest BCUT2D eigenvalue weighted by atomic mass is 9.97. The van der Waals surface area contributed by atoms with Crippen molar-refractivity contribution in [1.82, 2.24) is 15.5 Å². The molecule has 0 saturated carbocycles. The second-order valence-corrected chi connectivity index (χ2v) is 10.7. The summed E-state index contributed by atoms with van der Waals surface area (Å²) in [6.07, 6.45) is 1.87. The highest BCUT2D eigenvalue weighted by atomic mass is 16.6. The number of carboxylic acid groups (broad SMARTS) is 1. The average Bonchev–Trinajstić information content (AvgIpc) is 2.96. The predicted molar refractivity (Wildman–Crippen MR) is 157 cm³/mol. The largest absolute Gasteiger partial charge is 0.483 e. The number of aliphatic carboxylic acids is 1. The highest BCUT2D eigenvalue weighted by Gasteiger charge is 2.27. The Balaban J connectivity index is 1.57. The second kappa shape index (κ2) is 15.4. The molecule has 0 unspecified atom stereocenters. The van der Waals surface area contributed by atoms with Gasteiger partial charge in [0.15, 0.2) is 6.61 Å². The average molecular weight is 595 g/mol. The zero-order valence-corrected chi connectivity index (χ0v) is 24.5. The third kappa shape index (κ3) is 10.2. The second-order valence-electron chi connectivity index (χ2n) is 10.7. The normalized spacial score (nSPS) is 14.5. The van der Waals surface area contributed by atoms with Crippen molar-refractivity contribution in [3.8, 4) is 11.5 Å². The van der Waals surface area contributed by atoms with Crippen LogP contribution in [0.1, 0.15) is 37.8 Å². The molecule has 1 fully saturated rings. The molecule has 2 aromatic carbocycles. The van der Waals surface area contributed by atoms with Gasteiger partial charge in [-0.3, -0.25) is 14.4 Å². The van der Waals surface area contributed by atoms with E-state index in [0.717, 1.165) is 5.56 Å². The van der Waals surface area contributed by atoms with Gasteiger partial charge in [-0.2, -0.15) is 0 Å². The summed E-state index contributed by atoms with van der Waals surface area (Å²) in [7, 11) is 0. The number of ether oxygens (including phenoxy) is 2. The Morgan fingerprint density at radius 1 is 1.05 bits per heavy atom. The first kappa shape index (κ1) is 32.6. The van der Waals surface area contributed by atoms with E-state index in [2.05, 4.69) is 10.6 Å². The Hall–Kier alpha value is -4.87. The lowest BCUT2D eigenvalue weighted by Crippen LogP contribution is -2.46. The fraction of sp³-hybridized carbons (Fsp3) is 0.387. The van der Waals surface area contributed by atoms with Crippen LogP contribution in [0.4, 0.5) is 4.79 Å². The van der Waals surface area contributed by atoms with Crippen molar-refractivity contribution in [2.45, 2.75) is 46.1 Å². The quantitative estimate of drug-likeness (QED) is 0.271.